The van der Waals surface area contributed by atoms with Gasteiger partial charge in [-0.25, -0.2) is 5.84 Å². The van der Waals surface area contributed by atoms with Gasteiger partial charge in [0.05, 0.1) is 0 Å². The number of hydrogen-bond donors (Lipinski definition) is 2. The number of nitrogens with two attached hydrogens (primary N) is 1. The Morgan fingerprint density at radius 2 is 1.79 bits per heavy atom. The molecule has 0 unspecified atom stereocenters. The smallest absolute Gasteiger partial charge is 0.307 e. The molecular formula is C10H7F3N6. The molecule has 3 N–H and O–H groups in total. The van der Waals surface area contributed by atoms with E-state index in [4.69, 9.17) is 5.84 Å². The summed E-state index contributed by atoms with van der Waals surface area (Å²) in [5.41, 5.74) is 2.31. The lowest BCUT2D eigenvalue weighted by atomic mass is 10.2. The summed E-state index contributed by atoms with van der Waals surface area (Å²) in [5, 5.41) is 11.5. The molecule has 1 aromatic carbocycles. The summed E-state index contributed by atoms with van der Waals surface area (Å²) in [6.45, 7) is 0. The van der Waals surface area contributed by atoms with E-state index in [-0.39, 0.29) is 11.5 Å². The van der Waals surface area contributed by atoms with Gasteiger partial charge < -0.3 is 5.43 Å². The highest BCUT2D eigenvalue weighted by Crippen LogP contribution is 2.30. The molecular weight excluding hydrogens is 261 g/mol. The van der Waals surface area contributed by atoms with Gasteiger partial charge in [-0.1, -0.05) is 24.3 Å². The van der Waals surface area contributed by atoms with E-state index in [1.54, 1.807) is 24.3 Å². The molecule has 0 spiro atoms. The number of hydrogen-bond acceptors (Lipinski definition) is 5. The predicted molar refractivity (Wildman–Crippen MR) is 61.1 cm³/mol. The molecule has 0 bridgehead atoms. The summed E-state index contributed by atoms with van der Waals surface area (Å²) < 4.78 is 39.0. The van der Waals surface area contributed by atoms with Crippen LogP contribution in [0.1, 0.15) is 5.82 Å². The quantitative estimate of drug-likeness (QED) is 0.517. The van der Waals surface area contributed by atoms with Crippen LogP contribution >= 0.6 is 0 Å². The van der Waals surface area contributed by atoms with E-state index < -0.39 is 12.0 Å². The van der Waals surface area contributed by atoms with E-state index in [1.165, 1.54) is 0 Å². The van der Waals surface area contributed by atoms with Crippen LogP contribution in [0.2, 0.25) is 0 Å². The van der Waals surface area contributed by atoms with Crippen molar-refractivity contribution in [2.75, 3.05) is 5.43 Å². The van der Waals surface area contributed by atoms with E-state index in [0.717, 1.165) is 0 Å². The maximum absolute atomic E-state index is 12.8. The normalized spacial score (nSPS) is 12.2. The average Bonchev–Trinajstić information content (AvgIpc) is 2.81. The van der Waals surface area contributed by atoms with Gasteiger partial charge in [-0.2, -0.15) is 17.7 Å². The molecule has 0 radical (unpaired) electrons. The molecule has 0 saturated heterocycles. The lowest BCUT2D eigenvalue weighted by Gasteiger charge is -2.08. The van der Waals surface area contributed by atoms with Crippen molar-refractivity contribution in [3.8, 4) is 0 Å². The fraction of sp³-hybridized carbons (Fsp3) is 0.100. The summed E-state index contributed by atoms with van der Waals surface area (Å²) >= 11 is 0. The van der Waals surface area contributed by atoms with Gasteiger partial charge in [0.15, 0.2) is 11.5 Å². The first-order chi connectivity index (χ1) is 9.02. The van der Waals surface area contributed by atoms with Gasteiger partial charge in [0, 0.05) is 10.8 Å². The number of aromatic nitrogens is 4. The van der Waals surface area contributed by atoms with Gasteiger partial charge >= 0.3 is 6.18 Å². The molecule has 2 heterocycles. The van der Waals surface area contributed by atoms with E-state index >= 15 is 0 Å². The van der Waals surface area contributed by atoms with Crippen LogP contribution in [-0.4, -0.2) is 19.8 Å². The van der Waals surface area contributed by atoms with Crippen molar-refractivity contribution < 1.29 is 13.2 Å². The summed E-state index contributed by atoms with van der Waals surface area (Å²) in [6.07, 6.45) is -4.64. The molecule has 2 aromatic heterocycles. The Morgan fingerprint density at radius 1 is 1.11 bits per heavy atom. The predicted octanol–water partition coefficient (Wildman–Crippen LogP) is 1.58. The molecule has 0 atom stereocenters. The Hall–Kier alpha value is -2.42. The zero-order valence-electron chi connectivity index (χ0n) is 9.31. The molecule has 19 heavy (non-hydrogen) atoms. The minimum atomic E-state index is -4.64. The van der Waals surface area contributed by atoms with Crippen LogP contribution < -0.4 is 11.3 Å². The second-order valence-electron chi connectivity index (χ2n) is 3.80. The first kappa shape index (κ1) is 11.7. The van der Waals surface area contributed by atoms with Gasteiger partial charge in [0.25, 0.3) is 5.82 Å². The minimum absolute atomic E-state index is 0.0296. The highest BCUT2D eigenvalue weighted by atomic mass is 19.4. The van der Waals surface area contributed by atoms with Gasteiger partial charge in [-0.15, -0.1) is 15.3 Å². The Bertz CT molecular complexity index is 763. The van der Waals surface area contributed by atoms with Gasteiger partial charge in [0.1, 0.15) is 0 Å². The van der Waals surface area contributed by atoms with Crippen molar-refractivity contribution in [2.45, 2.75) is 6.18 Å². The van der Waals surface area contributed by atoms with Gasteiger partial charge in [-0.05, 0) is 0 Å². The molecule has 0 aliphatic rings. The number of alkyl halides is 3. The summed E-state index contributed by atoms with van der Waals surface area (Å²) in [4.78, 5) is 0. The number of halogens is 3. The van der Waals surface area contributed by atoms with Crippen molar-refractivity contribution >= 4 is 22.2 Å². The maximum Gasteiger partial charge on any atom is 0.453 e. The zero-order chi connectivity index (χ0) is 13.6. The van der Waals surface area contributed by atoms with Crippen LogP contribution in [0.15, 0.2) is 24.3 Å². The molecule has 98 valence electrons. The standard InChI is InChI=1S/C10H7F3N6/c11-10(12,13)9-17-16-8-6-4-2-1-3-5(6)7(15-14)18-19(8)9/h1-4H,14H2,(H,15,18). The van der Waals surface area contributed by atoms with Crippen LogP contribution in [0.5, 0.6) is 0 Å². The van der Waals surface area contributed by atoms with Crippen LogP contribution in [0.3, 0.4) is 0 Å². The first-order valence-corrected chi connectivity index (χ1v) is 5.20. The third-order valence-electron chi connectivity index (χ3n) is 2.65. The number of anilines is 1. The van der Waals surface area contributed by atoms with Gasteiger partial charge in [0.2, 0.25) is 0 Å². The van der Waals surface area contributed by atoms with Crippen LogP contribution in [0, 0.1) is 0 Å². The average molecular weight is 268 g/mol. The summed E-state index contributed by atoms with van der Waals surface area (Å²) in [7, 11) is 0. The maximum atomic E-state index is 12.8. The Kier molecular flexibility index (Phi) is 2.32. The minimum Gasteiger partial charge on any atom is -0.307 e. The molecule has 3 rings (SSSR count). The van der Waals surface area contributed by atoms with Crippen molar-refractivity contribution in [1.29, 1.82) is 0 Å². The van der Waals surface area contributed by atoms with Crippen LogP contribution in [0.4, 0.5) is 19.0 Å². The molecule has 0 amide bonds. The van der Waals surface area contributed by atoms with Crippen molar-refractivity contribution in [1.82, 2.24) is 19.8 Å². The van der Waals surface area contributed by atoms with Crippen molar-refractivity contribution in [2.24, 2.45) is 5.84 Å². The van der Waals surface area contributed by atoms with Gasteiger partial charge in [-0.3, -0.25) is 0 Å². The van der Waals surface area contributed by atoms with E-state index in [1.807, 2.05) is 0 Å². The molecule has 0 aliphatic heterocycles. The fourth-order valence-electron chi connectivity index (χ4n) is 1.86. The van der Waals surface area contributed by atoms with E-state index in [0.29, 0.717) is 15.3 Å². The topological polar surface area (TPSA) is 81.1 Å². The highest BCUT2D eigenvalue weighted by molar-refractivity contribution is 5.99. The SMILES string of the molecule is NNc1nn2c(C(F)(F)F)nnc2c2ccccc12. The molecule has 6 nitrogen and oxygen atoms in total. The Morgan fingerprint density at radius 3 is 2.42 bits per heavy atom. The molecule has 0 saturated carbocycles. The lowest BCUT2D eigenvalue weighted by molar-refractivity contribution is -0.146. The van der Waals surface area contributed by atoms with Crippen LogP contribution in [-0.2, 0) is 6.18 Å². The van der Waals surface area contributed by atoms with E-state index in [2.05, 4.69) is 20.7 Å². The van der Waals surface area contributed by atoms with Crippen molar-refractivity contribution in [3.05, 3.63) is 30.1 Å². The second-order valence-corrected chi connectivity index (χ2v) is 3.80. The fourth-order valence-corrected chi connectivity index (χ4v) is 1.86. The number of nitrogens with zero attached hydrogens (tertiary/aromatic N) is 4. The summed E-state index contributed by atoms with van der Waals surface area (Å²) in [6, 6.07) is 6.72. The first-order valence-electron chi connectivity index (χ1n) is 5.20. The Labute approximate surface area is 104 Å². The largest absolute Gasteiger partial charge is 0.453 e. The number of hydrazine groups is 1. The third kappa shape index (κ3) is 1.66. The van der Waals surface area contributed by atoms with Crippen molar-refractivity contribution in [3.63, 3.8) is 0 Å². The van der Waals surface area contributed by atoms with Crippen LogP contribution in [0.25, 0.3) is 16.4 Å². The molecule has 3 aromatic rings. The molecule has 0 aliphatic carbocycles. The number of nitrogens with one attached hydrogen (secondary N) is 1. The number of benzene rings is 1. The second kappa shape index (κ2) is 3.79. The number of rotatable bonds is 1. The highest BCUT2D eigenvalue weighted by Gasteiger charge is 2.38. The number of fused-ring (bicyclic) bond motifs is 3. The third-order valence-corrected chi connectivity index (χ3v) is 2.65. The monoisotopic (exact) mass is 268 g/mol. The van der Waals surface area contributed by atoms with E-state index in [9.17, 15) is 13.2 Å². The lowest BCUT2D eigenvalue weighted by Crippen LogP contribution is -2.15. The molecule has 0 fully saturated rings. The Balaban J connectivity index is 2.47. The summed E-state index contributed by atoms with van der Waals surface area (Å²) in [5.74, 6) is 4.22. The zero-order valence-corrected chi connectivity index (χ0v) is 9.31. The number of nitrogen functional groups attached to an aromatic ring is 1. The molecule has 9 heteroatoms.